The number of carboxylic acids is 1. The lowest BCUT2D eigenvalue weighted by atomic mass is 10.1. The van der Waals surface area contributed by atoms with Gasteiger partial charge in [-0.15, -0.1) is 11.3 Å². The number of thiophene rings is 1. The summed E-state index contributed by atoms with van der Waals surface area (Å²) in [6.45, 7) is 3.83. The average Bonchev–Trinajstić information content (AvgIpc) is 2.82. The molecular weight excluding hydrogens is 238 g/mol. The fraction of sp³-hybridized carbons (Fsp3) is 0.273. The third kappa shape index (κ3) is 1.91. The van der Waals surface area contributed by atoms with Gasteiger partial charge >= 0.3 is 5.97 Å². The molecule has 2 aromatic heterocycles. The Bertz CT molecular complexity index is 552. The molecule has 17 heavy (non-hydrogen) atoms. The minimum absolute atomic E-state index is 0.322. The summed E-state index contributed by atoms with van der Waals surface area (Å²) in [7, 11) is 1.72. The van der Waals surface area contributed by atoms with E-state index < -0.39 is 5.97 Å². The Hall–Kier alpha value is -1.82. The average molecular weight is 251 g/mol. The maximum absolute atomic E-state index is 11.1. The van der Waals surface area contributed by atoms with E-state index in [9.17, 15) is 4.79 Å². The molecule has 0 saturated carbocycles. The topological polar surface area (TPSA) is 78.0 Å². The van der Waals surface area contributed by atoms with Crippen molar-refractivity contribution >= 4 is 23.0 Å². The molecule has 0 fully saturated rings. The van der Waals surface area contributed by atoms with Crippen molar-refractivity contribution in [2.24, 2.45) is 0 Å². The quantitative estimate of drug-likeness (QED) is 0.783. The van der Waals surface area contributed by atoms with Gasteiger partial charge in [-0.05, 0) is 19.9 Å². The molecule has 0 aliphatic carbocycles. The lowest BCUT2D eigenvalue weighted by molar-refractivity contribution is 0.0703. The first-order valence-electron chi connectivity index (χ1n) is 5.11. The Morgan fingerprint density at radius 1 is 1.53 bits per heavy atom. The smallest absolute Gasteiger partial charge is 0.348 e. The second kappa shape index (κ2) is 4.21. The first kappa shape index (κ1) is 11.7. The minimum Gasteiger partial charge on any atom is -0.477 e. The van der Waals surface area contributed by atoms with Crippen LogP contribution in [0.25, 0.3) is 10.4 Å². The van der Waals surface area contributed by atoms with E-state index in [2.05, 4.69) is 15.5 Å². The lowest BCUT2D eigenvalue weighted by Gasteiger charge is -1.95. The van der Waals surface area contributed by atoms with Gasteiger partial charge in [-0.3, -0.25) is 5.10 Å². The first-order chi connectivity index (χ1) is 8.04. The number of aromatic nitrogens is 2. The summed E-state index contributed by atoms with van der Waals surface area (Å²) in [4.78, 5) is 12.3. The van der Waals surface area contributed by atoms with Crippen LogP contribution in [0.15, 0.2) is 6.07 Å². The van der Waals surface area contributed by atoms with Crippen LogP contribution < -0.4 is 5.32 Å². The van der Waals surface area contributed by atoms with Gasteiger partial charge in [-0.1, -0.05) is 0 Å². The summed E-state index contributed by atoms with van der Waals surface area (Å²) in [6.07, 6.45) is 0. The monoisotopic (exact) mass is 251 g/mol. The molecule has 0 spiro atoms. The molecule has 0 aliphatic heterocycles. The molecule has 0 atom stereocenters. The van der Waals surface area contributed by atoms with E-state index in [1.807, 2.05) is 19.9 Å². The molecule has 0 aromatic carbocycles. The maximum atomic E-state index is 11.1. The highest BCUT2D eigenvalue weighted by Crippen LogP contribution is 2.37. The number of H-pyrrole nitrogens is 1. The van der Waals surface area contributed by atoms with Gasteiger partial charge in [0.25, 0.3) is 0 Å². The zero-order valence-corrected chi connectivity index (χ0v) is 10.6. The predicted molar refractivity (Wildman–Crippen MR) is 67.9 cm³/mol. The lowest BCUT2D eigenvalue weighted by Crippen LogP contribution is -1.97. The van der Waals surface area contributed by atoms with Crippen LogP contribution in [0.2, 0.25) is 0 Å². The third-order valence-electron chi connectivity index (χ3n) is 2.57. The van der Waals surface area contributed by atoms with Crippen LogP contribution in [-0.4, -0.2) is 28.3 Å². The molecule has 0 bridgehead atoms. The van der Waals surface area contributed by atoms with Gasteiger partial charge in [0, 0.05) is 23.2 Å². The molecule has 0 unspecified atom stereocenters. The molecule has 2 heterocycles. The van der Waals surface area contributed by atoms with Gasteiger partial charge in [0.1, 0.15) is 4.88 Å². The van der Waals surface area contributed by atoms with Crippen molar-refractivity contribution in [3.63, 3.8) is 0 Å². The molecule has 0 saturated heterocycles. The normalized spacial score (nSPS) is 10.5. The number of hydrogen-bond donors (Lipinski definition) is 3. The first-order valence-corrected chi connectivity index (χ1v) is 5.93. The number of hydrogen-bond acceptors (Lipinski definition) is 4. The second-order valence-corrected chi connectivity index (χ2v) is 4.77. The molecule has 3 N–H and O–H groups in total. The van der Waals surface area contributed by atoms with Crippen LogP contribution in [0, 0.1) is 13.8 Å². The summed E-state index contributed by atoms with van der Waals surface area (Å²) >= 11 is 1.26. The van der Waals surface area contributed by atoms with E-state index in [0.29, 0.717) is 10.6 Å². The van der Waals surface area contributed by atoms with Gasteiger partial charge in [0.05, 0.1) is 11.4 Å². The highest BCUT2D eigenvalue weighted by atomic mass is 32.1. The van der Waals surface area contributed by atoms with Crippen LogP contribution in [0.3, 0.4) is 0 Å². The van der Waals surface area contributed by atoms with Crippen molar-refractivity contribution in [3.8, 4) is 10.4 Å². The SMILES string of the molecule is CNc1cc(-c2c(C)n[nH]c2C)sc1C(=O)O. The summed E-state index contributed by atoms with van der Waals surface area (Å²) in [6, 6.07) is 1.85. The Balaban J connectivity index is 2.58. The van der Waals surface area contributed by atoms with Gasteiger partial charge in [-0.25, -0.2) is 4.79 Å². The van der Waals surface area contributed by atoms with Gasteiger partial charge in [0.2, 0.25) is 0 Å². The number of carbonyl (C=O) groups is 1. The number of anilines is 1. The number of aromatic amines is 1. The summed E-state index contributed by atoms with van der Waals surface area (Å²) < 4.78 is 0. The Kier molecular flexibility index (Phi) is 2.89. The van der Waals surface area contributed by atoms with Crippen molar-refractivity contribution in [1.82, 2.24) is 10.2 Å². The van der Waals surface area contributed by atoms with Crippen molar-refractivity contribution in [3.05, 3.63) is 22.3 Å². The molecular formula is C11H13N3O2S. The van der Waals surface area contributed by atoms with Gasteiger partial charge < -0.3 is 10.4 Å². The van der Waals surface area contributed by atoms with Crippen molar-refractivity contribution in [2.75, 3.05) is 12.4 Å². The molecule has 2 aromatic rings. The molecule has 5 nitrogen and oxygen atoms in total. The molecule has 0 amide bonds. The van der Waals surface area contributed by atoms with E-state index in [0.717, 1.165) is 21.8 Å². The van der Waals surface area contributed by atoms with Crippen LogP contribution in [-0.2, 0) is 0 Å². The third-order valence-corrected chi connectivity index (χ3v) is 3.71. The summed E-state index contributed by atoms with van der Waals surface area (Å²) in [5.74, 6) is -0.913. The van der Waals surface area contributed by atoms with Crippen molar-refractivity contribution in [2.45, 2.75) is 13.8 Å². The van der Waals surface area contributed by atoms with Crippen LogP contribution in [0.5, 0.6) is 0 Å². The minimum atomic E-state index is -0.913. The van der Waals surface area contributed by atoms with E-state index in [-0.39, 0.29) is 0 Å². The second-order valence-electron chi connectivity index (χ2n) is 3.72. The van der Waals surface area contributed by atoms with E-state index in [1.165, 1.54) is 11.3 Å². The molecule has 0 radical (unpaired) electrons. The number of nitrogens with zero attached hydrogens (tertiary/aromatic N) is 1. The zero-order valence-electron chi connectivity index (χ0n) is 9.79. The van der Waals surface area contributed by atoms with Crippen LogP contribution in [0.4, 0.5) is 5.69 Å². The van der Waals surface area contributed by atoms with Crippen molar-refractivity contribution in [1.29, 1.82) is 0 Å². The fourth-order valence-corrected chi connectivity index (χ4v) is 2.93. The summed E-state index contributed by atoms with van der Waals surface area (Å²) in [5.41, 5.74) is 3.45. The molecule has 2 rings (SSSR count). The number of rotatable bonds is 3. The number of aryl methyl sites for hydroxylation is 2. The van der Waals surface area contributed by atoms with Crippen LogP contribution >= 0.6 is 11.3 Å². The Labute approximate surface area is 102 Å². The largest absolute Gasteiger partial charge is 0.477 e. The van der Waals surface area contributed by atoms with Crippen molar-refractivity contribution < 1.29 is 9.90 Å². The molecule has 0 aliphatic rings. The number of aromatic carboxylic acids is 1. The van der Waals surface area contributed by atoms with E-state index in [4.69, 9.17) is 5.11 Å². The highest BCUT2D eigenvalue weighted by Gasteiger charge is 2.18. The number of carboxylic acid groups (broad SMARTS) is 1. The number of nitrogens with one attached hydrogen (secondary N) is 2. The Morgan fingerprint density at radius 2 is 2.24 bits per heavy atom. The maximum Gasteiger partial charge on any atom is 0.348 e. The molecule has 90 valence electrons. The summed E-state index contributed by atoms with van der Waals surface area (Å²) in [5, 5.41) is 19.0. The molecule has 6 heteroatoms. The van der Waals surface area contributed by atoms with E-state index in [1.54, 1.807) is 7.05 Å². The fourth-order valence-electron chi connectivity index (χ4n) is 1.77. The van der Waals surface area contributed by atoms with E-state index >= 15 is 0 Å². The highest BCUT2D eigenvalue weighted by molar-refractivity contribution is 7.18. The standard InChI is InChI=1S/C11H13N3O2S/c1-5-9(6(2)14-13-5)8-4-7(12-3)10(17-8)11(15)16/h4,12H,1-3H3,(H,13,14)(H,15,16). The van der Waals surface area contributed by atoms with Gasteiger partial charge in [-0.2, -0.15) is 5.10 Å². The Morgan fingerprint density at radius 3 is 2.65 bits per heavy atom. The van der Waals surface area contributed by atoms with Gasteiger partial charge in [0.15, 0.2) is 0 Å². The zero-order chi connectivity index (χ0) is 12.6. The van der Waals surface area contributed by atoms with Crippen LogP contribution in [0.1, 0.15) is 21.1 Å². The predicted octanol–water partition coefficient (Wildman–Crippen LogP) is 2.49.